The minimum absolute atomic E-state index is 0.0538. The SMILES string of the molecule is Cc1ccc(Sc2ccc(N)cc2S(N)(=O)=O)cc1. The molecule has 0 saturated carbocycles. The van der Waals surface area contributed by atoms with Crippen molar-refractivity contribution in [3.8, 4) is 0 Å². The molecule has 6 heteroatoms. The summed E-state index contributed by atoms with van der Waals surface area (Å²) < 4.78 is 23.1. The van der Waals surface area contributed by atoms with Crippen molar-refractivity contribution in [1.82, 2.24) is 0 Å². The van der Waals surface area contributed by atoms with Gasteiger partial charge in [0.1, 0.15) is 0 Å². The molecule has 100 valence electrons. The molecule has 0 amide bonds. The Morgan fingerprint density at radius 3 is 2.26 bits per heavy atom. The van der Waals surface area contributed by atoms with Gasteiger partial charge in [0.15, 0.2) is 0 Å². The zero-order valence-electron chi connectivity index (χ0n) is 10.3. The van der Waals surface area contributed by atoms with Gasteiger partial charge in [-0.3, -0.25) is 0 Å². The third-order valence-electron chi connectivity index (χ3n) is 2.52. The van der Waals surface area contributed by atoms with Crippen LogP contribution in [0, 0.1) is 6.92 Å². The lowest BCUT2D eigenvalue weighted by Crippen LogP contribution is -2.13. The van der Waals surface area contributed by atoms with E-state index in [1.165, 1.54) is 17.8 Å². The molecule has 2 rings (SSSR count). The van der Waals surface area contributed by atoms with Gasteiger partial charge in [-0.2, -0.15) is 0 Å². The van der Waals surface area contributed by atoms with E-state index in [0.717, 1.165) is 10.5 Å². The fourth-order valence-electron chi connectivity index (χ4n) is 1.56. The third kappa shape index (κ3) is 3.50. The lowest BCUT2D eigenvalue weighted by molar-refractivity contribution is 0.596. The molecule has 0 spiro atoms. The number of sulfonamides is 1. The molecule has 0 aliphatic rings. The molecule has 0 aliphatic carbocycles. The van der Waals surface area contributed by atoms with E-state index >= 15 is 0 Å². The Morgan fingerprint density at radius 2 is 1.68 bits per heavy atom. The van der Waals surface area contributed by atoms with Crippen LogP contribution in [0.3, 0.4) is 0 Å². The standard InChI is InChI=1S/C13H14N2O2S2/c1-9-2-5-11(6-3-9)18-12-7-4-10(14)8-13(12)19(15,16)17/h2-8H,14H2,1H3,(H2,15,16,17). The fraction of sp³-hybridized carbons (Fsp3) is 0.0769. The topological polar surface area (TPSA) is 86.2 Å². The maximum atomic E-state index is 11.6. The van der Waals surface area contributed by atoms with Gasteiger partial charge in [0.2, 0.25) is 10.0 Å². The van der Waals surface area contributed by atoms with Crippen LogP contribution in [0.25, 0.3) is 0 Å². The zero-order valence-corrected chi connectivity index (χ0v) is 12.0. The van der Waals surface area contributed by atoms with Crippen LogP contribution in [-0.4, -0.2) is 8.42 Å². The second-order valence-electron chi connectivity index (χ2n) is 4.17. The molecule has 0 saturated heterocycles. The number of rotatable bonds is 3. The second kappa shape index (κ2) is 5.24. The Hall–Kier alpha value is -1.50. The Kier molecular flexibility index (Phi) is 3.84. The normalized spacial score (nSPS) is 11.5. The summed E-state index contributed by atoms with van der Waals surface area (Å²) in [5.41, 5.74) is 7.13. The molecule has 0 radical (unpaired) electrons. The predicted octanol–water partition coefficient (Wildman–Crippen LogP) is 2.38. The highest BCUT2D eigenvalue weighted by molar-refractivity contribution is 8.00. The van der Waals surface area contributed by atoms with Crippen molar-refractivity contribution in [3.05, 3.63) is 48.0 Å². The molecule has 0 bridgehead atoms. The van der Waals surface area contributed by atoms with Crippen LogP contribution in [0.2, 0.25) is 0 Å². The van der Waals surface area contributed by atoms with Crippen molar-refractivity contribution < 1.29 is 8.42 Å². The number of hydrogen-bond donors (Lipinski definition) is 2. The van der Waals surface area contributed by atoms with E-state index < -0.39 is 10.0 Å². The molecule has 0 atom stereocenters. The number of benzene rings is 2. The molecule has 4 nitrogen and oxygen atoms in total. The first kappa shape index (κ1) is 13.9. The van der Waals surface area contributed by atoms with Crippen LogP contribution in [0.15, 0.2) is 57.2 Å². The van der Waals surface area contributed by atoms with E-state index in [1.54, 1.807) is 12.1 Å². The minimum Gasteiger partial charge on any atom is -0.399 e. The molecule has 4 N–H and O–H groups in total. The second-order valence-corrected chi connectivity index (χ2v) is 6.81. The highest BCUT2D eigenvalue weighted by Gasteiger charge is 2.15. The minimum atomic E-state index is -3.79. The van der Waals surface area contributed by atoms with Crippen LogP contribution in [0.5, 0.6) is 0 Å². The summed E-state index contributed by atoms with van der Waals surface area (Å²) >= 11 is 1.34. The third-order valence-corrected chi connectivity index (χ3v) is 4.69. The first-order valence-corrected chi connectivity index (χ1v) is 7.89. The highest BCUT2D eigenvalue weighted by Crippen LogP contribution is 2.33. The van der Waals surface area contributed by atoms with Gasteiger partial charge in [-0.25, -0.2) is 13.6 Å². The average molecular weight is 294 g/mol. The Morgan fingerprint density at radius 1 is 1.05 bits per heavy atom. The molecule has 0 aliphatic heterocycles. The molecular formula is C13H14N2O2S2. The number of nitrogen functional groups attached to an aromatic ring is 1. The molecular weight excluding hydrogens is 280 g/mol. The zero-order chi connectivity index (χ0) is 14.0. The Bertz CT molecular complexity index is 695. The van der Waals surface area contributed by atoms with Crippen LogP contribution in [0.4, 0.5) is 5.69 Å². The van der Waals surface area contributed by atoms with Crippen LogP contribution in [-0.2, 0) is 10.0 Å². The van der Waals surface area contributed by atoms with Gasteiger partial charge in [-0.05, 0) is 37.3 Å². The van der Waals surface area contributed by atoms with Crippen molar-refractivity contribution in [2.75, 3.05) is 5.73 Å². The Balaban J connectivity index is 2.43. The lowest BCUT2D eigenvalue weighted by Gasteiger charge is -2.08. The summed E-state index contributed by atoms with van der Waals surface area (Å²) in [6.45, 7) is 1.99. The summed E-state index contributed by atoms with van der Waals surface area (Å²) in [4.78, 5) is 1.57. The van der Waals surface area contributed by atoms with Gasteiger partial charge in [-0.1, -0.05) is 29.5 Å². The van der Waals surface area contributed by atoms with Gasteiger partial charge in [0, 0.05) is 15.5 Å². The van der Waals surface area contributed by atoms with Gasteiger partial charge >= 0.3 is 0 Å². The van der Waals surface area contributed by atoms with Crippen LogP contribution < -0.4 is 10.9 Å². The largest absolute Gasteiger partial charge is 0.399 e. The maximum absolute atomic E-state index is 11.6. The Labute approximate surface area is 116 Å². The van der Waals surface area contributed by atoms with Crippen molar-refractivity contribution in [1.29, 1.82) is 0 Å². The van der Waals surface area contributed by atoms with Crippen molar-refractivity contribution in [3.63, 3.8) is 0 Å². The van der Waals surface area contributed by atoms with Gasteiger partial charge < -0.3 is 5.73 Å². The van der Waals surface area contributed by atoms with E-state index in [1.807, 2.05) is 31.2 Å². The summed E-state index contributed by atoms with van der Waals surface area (Å²) in [7, 11) is -3.79. The van der Waals surface area contributed by atoms with E-state index in [9.17, 15) is 8.42 Å². The van der Waals surface area contributed by atoms with E-state index in [0.29, 0.717) is 10.6 Å². The van der Waals surface area contributed by atoms with Crippen molar-refractivity contribution >= 4 is 27.5 Å². The van der Waals surface area contributed by atoms with Crippen LogP contribution in [0.1, 0.15) is 5.56 Å². The monoisotopic (exact) mass is 294 g/mol. The molecule has 0 unspecified atom stereocenters. The summed E-state index contributed by atoms with van der Waals surface area (Å²) in [5, 5.41) is 5.21. The highest BCUT2D eigenvalue weighted by atomic mass is 32.2. The molecule has 0 fully saturated rings. The number of anilines is 1. The van der Waals surface area contributed by atoms with Gasteiger partial charge in [0.25, 0.3) is 0 Å². The predicted molar refractivity (Wildman–Crippen MR) is 77.5 cm³/mol. The molecule has 2 aromatic carbocycles. The number of primary sulfonamides is 1. The lowest BCUT2D eigenvalue weighted by atomic mass is 10.2. The molecule has 0 heterocycles. The quantitative estimate of drug-likeness (QED) is 0.851. The smallest absolute Gasteiger partial charge is 0.239 e. The van der Waals surface area contributed by atoms with Gasteiger partial charge in [0.05, 0.1) is 4.90 Å². The van der Waals surface area contributed by atoms with Crippen molar-refractivity contribution in [2.45, 2.75) is 21.6 Å². The first-order valence-electron chi connectivity index (χ1n) is 5.53. The van der Waals surface area contributed by atoms with E-state index in [2.05, 4.69) is 0 Å². The number of hydrogen-bond acceptors (Lipinski definition) is 4. The average Bonchev–Trinajstić information content (AvgIpc) is 2.33. The maximum Gasteiger partial charge on any atom is 0.239 e. The van der Waals surface area contributed by atoms with E-state index in [4.69, 9.17) is 10.9 Å². The summed E-state index contributed by atoms with van der Waals surface area (Å²) in [5.74, 6) is 0. The van der Waals surface area contributed by atoms with Gasteiger partial charge in [-0.15, -0.1) is 0 Å². The number of nitrogens with two attached hydrogens (primary N) is 2. The molecule has 2 aromatic rings. The first-order chi connectivity index (χ1) is 8.86. The molecule has 0 aromatic heterocycles. The fourth-order valence-corrected chi connectivity index (χ4v) is 3.51. The van der Waals surface area contributed by atoms with Crippen LogP contribution >= 0.6 is 11.8 Å². The number of aryl methyl sites for hydroxylation is 1. The summed E-state index contributed by atoms with van der Waals surface area (Å²) in [6, 6.07) is 12.5. The van der Waals surface area contributed by atoms with Crippen molar-refractivity contribution in [2.24, 2.45) is 5.14 Å². The summed E-state index contributed by atoms with van der Waals surface area (Å²) in [6.07, 6.45) is 0. The molecule has 19 heavy (non-hydrogen) atoms. The van der Waals surface area contributed by atoms with E-state index in [-0.39, 0.29) is 4.90 Å².